The van der Waals surface area contributed by atoms with Crippen molar-refractivity contribution < 1.29 is 25.2 Å². The number of unbranched alkanes of at least 4 members (excludes halogenated alkanes) is 2. The van der Waals surface area contributed by atoms with Gasteiger partial charge in [0, 0.05) is 13.2 Å². The van der Waals surface area contributed by atoms with Crippen molar-refractivity contribution in [3.8, 4) is 0 Å². The zero-order chi connectivity index (χ0) is 17.4. The molecule has 0 saturated carbocycles. The number of nitrogens with zero attached hydrogens (tertiary/aromatic N) is 1. The Labute approximate surface area is 143 Å². The van der Waals surface area contributed by atoms with Gasteiger partial charge in [-0.05, 0) is 31.4 Å². The smallest absolute Gasteiger partial charge is 0.109 e. The van der Waals surface area contributed by atoms with E-state index in [1.165, 1.54) is 0 Å². The molecule has 6 nitrogen and oxygen atoms in total. The standard InChI is InChI=1S/C18H29NO5/c20-12-15-17(22)18(23)16(21)11-19(15)9-5-2-6-10-24-13-14-7-3-1-4-8-14/h1,3-4,7-8,15-18,20-23H,2,5-6,9-13H2/t15-,16-,17+,18+/m0/s1. The van der Waals surface area contributed by atoms with Gasteiger partial charge in [0.2, 0.25) is 0 Å². The minimum atomic E-state index is -1.19. The van der Waals surface area contributed by atoms with Gasteiger partial charge in [0.25, 0.3) is 0 Å². The number of aliphatic hydroxyl groups is 4. The SMILES string of the molecule is OC[C@H]1[C@@H](O)[C@H](O)[C@@H](O)CN1CCCCCOCc1ccccc1. The third-order valence-electron chi connectivity index (χ3n) is 4.56. The first-order valence-corrected chi connectivity index (χ1v) is 8.64. The molecular weight excluding hydrogens is 310 g/mol. The fraction of sp³-hybridized carbons (Fsp3) is 0.667. The zero-order valence-corrected chi connectivity index (χ0v) is 14.0. The van der Waals surface area contributed by atoms with Gasteiger partial charge < -0.3 is 25.2 Å². The molecule has 0 unspecified atom stereocenters. The third-order valence-corrected chi connectivity index (χ3v) is 4.56. The van der Waals surface area contributed by atoms with E-state index in [1.54, 1.807) is 0 Å². The van der Waals surface area contributed by atoms with Crippen LogP contribution >= 0.6 is 0 Å². The van der Waals surface area contributed by atoms with Gasteiger partial charge in [-0.3, -0.25) is 4.90 Å². The first kappa shape index (κ1) is 19.3. The Morgan fingerprint density at radius 1 is 1.00 bits per heavy atom. The quantitative estimate of drug-likeness (QED) is 0.478. The second kappa shape index (κ2) is 10.1. The van der Waals surface area contributed by atoms with E-state index in [-0.39, 0.29) is 13.2 Å². The van der Waals surface area contributed by atoms with Crippen molar-refractivity contribution in [1.82, 2.24) is 4.90 Å². The van der Waals surface area contributed by atoms with E-state index in [0.717, 1.165) is 24.8 Å². The van der Waals surface area contributed by atoms with Crippen LogP contribution in [0.15, 0.2) is 30.3 Å². The molecule has 0 aliphatic carbocycles. The molecule has 1 aliphatic rings. The number of aliphatic hydroxyl groups excluding tert-OH is 4. The fourth-order valence-electron chi connectivity index (χ4n) is 3.10. The predicted molar refractivity (Wildman–Crippen MR) is 90.4 cm³/mol. The molecule has 1 aliphatic heterocycles. The molecule has 1 heterocycles. The summed E-state index contributed by atoms with van der Waals surface area (Å²) in [5, 5.41) is 38.8. The van der Waals surface area contributed by atoms with Gasteiger partial charge >= 0.3 is 0 Å². The summed E-state index contributed by atoms with van der Waals surface area (Å²) in [6.45, 7) is 2.03. The van der Waals surface area contributed by atoms with Crippen LogP contribution in [0.2, 0.25) is 0 Å². The summed E-state index contributed by atoms with van der Waals surface area (Å²) in [7, 11) is 0. The van der Waals surface area contributed by atoms with Crippen molar-refractivity contribution >= 4 is 0 Å². The van der Waals surface area contributed by atoms with Gasteiger partial charge in [-0.25, -0.2) is 0 Å². The van der Waals surface area contributed by atoms with E-state index < -0.39 is 24.4 Å². The predicted octanol–water partition coefficient (Wildman–Crippen LogP) is 0.133. The molecule has 1 saturated heterocycles. The zero-order valence-electron chi connectivity index (χ0n) is 14.0. The molecule has 24 heavy (non-hydrogen) atoms. The van der Waals surface area contributed by atoms with Gasteiger partial charge in [0.05, 0.1) is 25.4 Å². The van der Waals surface area contributed by atoms with Gasteiger partial charge in [0.15, 0.2) is 0 Å². The van der Waals surface area contributed by atoms with Gasteiger partial charge in [-0.1, -0.05) is 30.3 Å². The summed E-state index contributed by atoms with van der Waals surface area (Å²) < 4.78 is 5.64. The summed E-state index contributed by atoms with van der Waals surface area (Å²) in [6, 6.07) is 9.53. The highest BCUT2D eigenvalue weighted by molar-refractivity contribution is 5.13. The largest absolute Gasteiger partial charge is 0.395 e. The molecule has 2 rings (SSSR count). The van der Waals surface area contributed by atoms with E-state index >= 15 is 0 Å². The normalized spacial score (nSPS) is 28.2. The first-order chi connectivity index (χ1) is 11.6. The molecule has 6 heteroatoms. The topological polar surface area (TPSA) is 93.4 Å². The number of β-amino-alcohol motifs (C(OH)–C–C–N with tert-alkyl or cyclic N) is 1. The lowest BCUT2D eigenvalue weighted by Crippen LogP contribution is -2.62. The second-order valence-electron chi connectivity index (χ2n) is 6.39. The van der Waals surface area contributed by atoms with Gasteiger partial charge in [-0.2, -0.15) is 0 Å². The Kier molecular flexibility index (Phi) is 8.11. The molecule has 0 spiro atoms. The van der Waals surface area contributed by atoms with Crippen LogP contribution in [0.5, 0.6) is 0 Å². The van der Waals surface area contributed by atoms with E-state index in [9.17, 15) is 20.4 Å². The Morgan fingerprint density at radius 2 is 1.75 bits per heavy atom. The van der Waals surface area contributed by atoms with E-state index in [2.05, 4.69) is 0 Å². The number of piperidine rings is 1. The Balaban J connectivity index is 1.59. The van der Waals surface area contributed by atoms with Gasteiger partial charge in [0.1, 0.15) is 12.2 Å². The van der Waals surface area contributed by atoms with Crippen molar-refractivity contribution in [2.24, 2.45) is 0 Å². The average molecular weight is 339 g/mol. The molecule has 0 bridgehead atoms. The molecule has 136 valence electrons. The minimum absolute atomic E-state index is 0.231. The van der Waals surface area contributed by atoms with Gasteiger partial charge in [-0.15, -0.1) is 0 Å². The van der Waals surface area contributed by atoms with Crippen molar-refractivity contribution in [3.05, 3.63) is 35.9 Å². The number of hydrogen-bond donors (Lipinski definition) is 4. The Morgan fingerprint density at radius 3 is 2.46 bits per heavy atom. The number of hydrogen-bond acceptors (Lipinski definition) is 6. The molecule has 4 atom stereocenters. The lowest BCUT2D eigenvalue weighted by molar-refractivity contribution is -0.145. The number of likely N-dealkylation sites (tertiary alicyclic amines) is 1. The fourth-order valence-corrected chi connectivity index (χ4v) is 3.10. The summed E-state index contributed by atoms with van der Waals surface area (Å²) in [5.41, 5.74) is 1.16. The van der Waals surface area contributed by atoms with Crippen molar-refractivity contribution in [2.45, 2.75) is 50.2 Å². The molecule has 1 aromatic carbocycles. The van der Waals surface area contributed by atoms with Crippen LogP contribution in [0, 0.1) is 0 Å². The summed E-state index contributed by atoms with van der Waals surface area (Å²) in [6.07, 6.45) is -0.480. The van der Waals surface area contributed by atoms with Crippen LogP contribution < -0.4 is 0 Å². The Bertz CT molecular complexity index is 458. The molecular formula is C18H29NO5. The molecule has 0 radical (unpaired) electrons. The molecule has 4 N–H and O–H groups in total. The maximum absolute atomic E-state index is 9.93. The van der Waals surface area contributed by atoms with Crippen LogP contribution in [-0.4, -0.2) is 76.0 Å². The number of ether oxygens (including phenoxy) is 1. The van der Waals surface area contributed by atoms with Crippen LogP contribution in [0.4, 0.5) is 0 Å². The highest BCUT2D eigenvalue weighted by Gasteiger charge is 2.40. The second-order valence-corrected chi connectivity index (χ2v) is 6.39. The minimum Gasteiger partial charge on any atom is -0.395 e. The monoisotopic (exact) mass is 339 g/mol. The van der Waals surface area contributed by atoms with Crippen molar-refractivity contribution in [2.75, 3.05) is 26.3 Å². The van der Waals surface area contributed by atoms with Crippen molar-refractivity contribution in [1.29, 1.82) is 0 Å². The molecule has 1 fully saturated rings. The summed E-state index contributed by atoms with van der Waals surface area (Å²) in [4.78, 5) is 1.85. The third kappa shape index (κ3) is 5.51. The van der Waals surface area contributed by atoms with Crippen LogP contribution in [0.1, 0.15) is 24.8 Å². The Hall–Kier alpha value is -1.02. The lowest BCUT2D eigenvalue weighted by Gasteiger charge is -2.43. The van der Waals surface area contributed by atoms with Crippen LogP contribution in [-0.2, 0) is 11.3 Å². The highest BCUT2D eigenvalue weighted by atomic mass is 16.5. The number of benzene rings is 1. The van der Waals surface area contributed by atoms with Crippen molar-refractivity contribution in [3.63, 3.8) is 0 Å². The van der Waals surface area contributed by atoms with E-state index in [1.807, 2.05) is 35.2 Å². The van der Waals surface area contributed by atoms with E-state index in [0.29, 0.717) is 19.8 Å². The molecule has 0 aromatic heterocycles. The van der Waals surface area contributed by atoms with E-state index in [4.69, 9.17) is 4.74 Å². The average Bonchev–Trinajstić information content (AvgIpc) is 2.60. The highest BCUT2D eigenvalue weighted by Crippen LogP contribution is 2.19. The summed E-state index contributed by atoms with van der Waals surface area (Å²) in [5.74, 6) is 0. The maximum Gasteiger partial charge on any atom is 0.109 e. The summed E-state index contributed by atoms with van der Waals surface area (Å²) >= 11 is 0. The van der Waals surface area contributed by atoms with Crippen LogP contribution in [0.25, 0.3) is 0 Å². The van der Waals surface area contributed by atoms with Crippen LogP contribution in [0.3, 0.4) is 0 Å². The molecule has 0 amide bonds. The maximum atomic E-state index is 9.93. The lowest BCUT2D eigenvalue weighted by atomic mass is 9.94. The first-order valence-electron chi connectivity index (χ1n) is 8.64. The number of rotatable bonds is 9. The molecule has 1 aromatic rings.